The predicted octanol–water partition coefficient (Wildman–Crippen LogP) is 3.66. The van der Waals surface area contributed by atoms with Gasteiger partial charge in [-0.15, -0.1) is 0 Å². The summed E-state index contributed by atoms with van der Waals surface area (Å²) < 4.78 is 5.22. The van der Waals surface area contributed by atoms with Crippen LogP contribution in [0.2, 0.25) is 0 Å². The number of esters is 1. The van der Waals surface area contributed by atoms with Gasteiger partial charge < -0.3 is 15.4 Å². The summed E-state index contributed by atoms with van der Waals surface area (Å²) in [5, 5.41) is 6.30. The molecule has 6 heteroatoms. The van der Waals surface area contributed by atoms with Crippen LogP contribution < -0.4 is 10.6 Å². The van der Waals surface area contributed by atoms with Crippen LogP contribution in [0.1, 0.15) is 63.4 Å². The fourth-order valence-electron chi connectivity index (χ4n) is 3.23. The number of hydrogen-bond donors (Lipinski definition) is 2. The van der Waals surface area contributed by atoms with E-state index in [0.29, 0.717) is 24.2 Å². The van der Waals surface area contributed by atoms with Crippen molar-refractivity contribution in [2.45, 2.75) is 70.3 Å². The second-order valence-corrected chi connectivity index (χ2v) is 7.43. The second-order valence-electron chi connectivity index (χ2n) is 7.02. The molecule has 1 saturated carbocycles. The van der Waals surface area contributed by atoms with Crippen molar-refractivity contribution >= 4 is 29.2 Å². The van der Waals surface area contributed by atoms with E-state index in [1.54, 1.807) is 0 Å². The Morgan fingerprint density at radius 1 is 1.04 bits per heavy atom. The van der Waals surface area contributed by atoms with Crippen molar-refractivity contribution < 1.29 is 14.3 Å². The number of amides is 1. The lowest BCUT2D eigenvalue weighted by Gasteiger charge is -2.24. The van der Waals surface area contributed by atoms with E-state index in [2.05, 4.69) is 22.8 Å². The van der Waals surface area contributed by atoms with E-state index in [9.17, 15) is 9.59 Å². The minimum Gasteiger partial charge on any atom is -0.466 e. The molecule has 0 heterocycles. The highest BCUT2D eigenvalue weighted by atomic mass is 32.1. The van der Waals surface area contributed by atoms with Gasteiger partial charge in [0.1, 0.15) is 0 Å². The fraction of sp³-hybridized carbons (Fsp3) is 0.571. The number of hydrogen-bond acceptors (Lipinski definition) is 4. The molecular formula is C21H30N2O3S. The number of nitrogens with one attached hydrogen (secondary N) is 2. The molecule has 0 saturated heterocycles. The third kappa shape index (κ3) is 9.52. The Labute approximate surface area is 167 Å². The molecule has 0 aliphatic heterocycles. The van der Waals surface area contributed by atoms with Gasteiger partial charge in [-0.2, -0.15) is 0 Å². The number of ether oxygens (including phenoxy) is 1. The highest BCUT2D eigenvalue weighted by Crippen LogP contribution is 2.17. The first-order chi connectivity index (χ1) is 13.1. The van der Waals surface area contributed by atoms with Gasteiger partial charge in [-0.1, -0.05) is 49.6 Å². The summed E-state index contributed by atoms with van der Waals surface area (Å²) in [6, 6.07) is 10.5. The van der Waals surface area contributed by atoms with Gasteiger partial charge in [-0.3, -0.25) is 9.59 Å². The summed E-state index contributed by atoms with van der Waals surface area (Å²) in [7, 11) is 0. The van der Waals surface area contributed by atoms with Crippen LogP contribution in [-0.4, -0.2) is 29.6 Å². The zero-order valence-electron chi connectivity index (χ0n) is 15.9. The molecule has 27 heavy (non-hydrogen) atoms. The lowest BCUT2D eigenvalue weighted by Crippen LogP contribution is -2.44. The molecule has 0 bridgehead atoms. The molecule has 148 valence electrons. The van der Waals surface area contributed by atoms with E-state index in [1.807, 2.05) is 18.2 Å². The van der Waals surface area contributed by atoms with Crippen molar-refractivity contribution in [3.8, 4) is 0 Å². The summed E-state index contributed by atoms with van der Waals surface area (Å²) >= 11 is 5.19. The maximum absolute atomic E-state index is 11.9. The average molecular weight is 391 g/mol. The van der Waals surface area contributed by atoms with E-state index in [0.717, 1.165) is 25.7 Å². The molecule has 0 spiro atoms. The van der Waals surface area contributed by atoms with Crippen LogP contribution in [0.4, 0.5) is 0 Å². The third-order valence-electron chi connectivity index (χ3n) is 4.69. The van der Waals surface area contributed by atoms with Gasteiger partial charge >= 0.3 is 5.97 Å². The van der Waals surface area contributed by atoms with Crippen LogP contribution in [0.5, 0.6) is 0 Å². The van der Waals surface area contributed by atoms with Gasteiger partial charge in [0, 0.05) is 18.9 Å². The normalized spacial score (nSPS) is 14.4. The fourth-order valence-corrected chi connectivity index (χ4v) is 3.51. The Kier molecular flexibility index (Phi) is 9.84. The molecule has 1 aromatic rings. The summed E-state index contributed by atoms with van der Waals surface area (Å²) in [6.07, 6.45) is 8.59. The van der Waals surface area contributed by atoms with Crippen LogP contribution in [-0.2, 0) is 20.7 Å². The van der Waals surface area contributed by atoms with Gasteiger partial charge in [0.2, 0.25) is 5.91 Å². The van der Waals surface area contributed by atoms with Crippen molar-refractivity contribution in [1.82, 2.24) is 10.6 Å². The Bertz CT molecular complexity index is 601. The molecule has 1 aliphatic carbocycles. The highest BCUT2D eigenvalue weighted by molar-refractivity contribution is 7.80. The molecule has 1 fully saturated rings. The number of aryl methyl sites for hydroxylation is 1. The first-order valence-electron chi connectivity index (χ1n) is 9.93. The summed E-state index contributed by atoms with van der Waals surface area (Å²) in [4.78, 5) is 23.6. The van der Waals surface area contributed by atoms with Crippen LogP contribution in [0.15, 0.2) is 30.3 Å². The molecule has 0 aromatic heterocycles. The molecule has 0 atom stereocenters. The standard InChI is InChI=1S/C21H30N2O3S/c24-19(23-21(27)22-18-12-5-2-6-13-18)14-7-15-20(25)26-16-8-11-17-9-3-1-4-10-17/h1,3-4,9-10,18H,2,5-8,11-16H2,(H2,22,23,24,27). The third-order valence-corrected chi connectivity index (χ3v) is 4.91. The lowest BCUT2D eigenvalue weighted by atomic mass is 9.96. The lowest BCUT2D eigenvalue weighted by molar-refractivity contribution is -0.143. The molecule has 0 radical (unpaired) electrons. The minimum absolute atomic E-state index is 0.153. The van der Waals surface area contributed by atoms with Crippen molar-refractivity contribution in [3.05, 3.63) is 35.9 Å². The smallest absolute Gasteiger partial charge is 0.305 e. The minimum atomic E-state index is -0.251. The molecule has 2 N–H and O–H groups in total. The van der Waals surface area contributed by atoms with Crippen LogP contribution in [0.3, 0.4) is 0 Å². The van der Waals surface area contributed by atoms with Crippen molar-refractivity contribution in [1.29, 1.82) is 0 Å². The summed E-state index contributed by atoms with van der Waals surface area (Å²) in [5.41, 5.74) is 1.24. The van der Waals surface area contributed by atoms with Gasteiger partial charge in [-0.05, 0) is 49.9 Å². The maximum atomic E-state index is 11.9. The average Bonchev–Trinajstić information content (AvgIpc) is 2.67. The highest BCUT2D eigenvalue weighted by Gasteiger charge is 2.15. The zero-order valence-corrected chi connectivity index (χ0v) is 16.7. The van der Waals surface area contributed by atoms with Crippen molar-refractivity contribution in [3.63, 3.8) is 0 Å². The Morgan fingerprint density at radius 2 is 1.78 bits per heavy atom. The largest absolute Gasteiger partial charge is 0.466 e. The Morgan fingerprint density at radius 3 is 2.52 bits per heavy atom. The van der Waals surface area contributed by atoms with E-state index in [-0.39, 0.29) is 24.7 Å². The van der Waals surface area contributed by atoms with E-state index in [1.165, 1.54) is 24.8 Å². The molecule has 1 aliphatic rings. The van der Waals surface area contributed by atoms with Gasteiger partial charge in [0.25, 0.3) is 0 Å². The molecular weight excluding hydrogens is 360 g/mol. The number of benzene rings is 1. The molecule has 0 unspecified atom stereocenters. The van der Waals surface area contributed by atoms with Gasteiger partial charge in [0.15, 0.2) is 5.11 Å². The number of carbonyl (C=O) groups is 2. The summed E-state index contributed by atoms with van der Waals surface area (Å²) in [5.74, 6) is -0.404. The molecule has 5 nitrogen and oxygen atoms in total. The second kappa shape index (κ2) is 12.4. The Hall–Kier alpha value is -1.95. The first-order valence-corrected chi connectivity index (χ1v) is 10.3. The molecule has 1 aromatic carbocycles. The van der Waals surface area contributed by atoms with Crippen molar-refractivity contribution in [2.75, 3.05) is 6.61 Å². The molecule has 2 rings (SSSR count). The maximum Gasteiger partial charge on any atom is 0.305 e. The van der Waals surface area contributed by atoms with Crippen LogP contribution in [0, 0.1) is 0 Å². The first kappa shape index (κ1) is 21.4. The topological polar surface area (TPSA) is 67.4 Å². The van der Waals surface area contributed by atoms with E-state index < -0.39 is 0 Å². The SMILES string of the molecule is O=C(CCCC(=O)OCCCc1ccccc1)NC(=S)NC1CCCCC1. The number of thiocarbonyl (C=S) groups is 1. The zero-order chi connectivity index (χ0) is 19.3. The summed E-state index contributed by atoms with van der Waals surface area (Å²) in [6.45, 7) is 0.412. The van der Waals surface area contributed by atoms with Gasteiger partial charge in [-0.25, -0.2) is 0 Å². The number of carbonyl (C=O) groups excluding carboxylic acids is 2. The van der Waals surface area contributed by atoms with Crippen LogP contribution in [0.25, 0.3) is 0 Å². The Balaban J connectivity index is 1.48. The quantitative estimate of drug-likeness (QED) is 0.383. The number of rotatable bonds is 9. The van der Waals surface area contributed by atoms with E-state index >= 15 is 0 Å². The predicted molar refractivity (Wildman–Crippen MR) is 110 cm³/mol. The van der Waals surface area contributed by atoms with Gasteiger partial charge in [0.05, 0.1) is 6.61 Å². The molecule has 1 amide bonds. The van der Waals surface area contributed by atoms with Crippen molar-refractivity contribution in [2.24, 2.45) is 0 Å². The van der Waals surface area contributed by atoms with E-state index in [4.69, 9.17) is 17.0 Å². The monoisotopic (exact) mass is 390 g/mol. The van der Waals surface area contributed by atoms with Crippen LogP contribution >= 0.6 is 12.2 Å².